The number of carboxylic acids is 1. The van der Waals surface area contributed by atoms with Crippen molar-refractivity contribution in [1.82, 2.24) is 0 Å². The molecule has 1 rings (SSSR count). The third-order valence-corrected chi connectivity index (χ3v) is 11.0. The third-order valence-electron chi connectivity index (χ3n) is 10.0. The van der Waals surface area contributed by atoms with E-state index in [1.807, 2.05) is 18.2 Å². The van der Waals surface area contributed by atoms with Crippen LogP contribution in [-0.4, -0.2) is 93.5 Å². The Labute approximate surface area is 364 Å². The van der Waals surface area contributed by atoms with Gasteiger partial charge in [-0.2, -0.15) is 0 Å². The molecule has 0 aromatic rings. The summed E-state index contributed by atoms with van der Waals surface area (Å²) in [5.41, 5.74) is 5.33. The summed E-state index contributed by atoms with van der Waals surface area (Å²) < 4.78 is 32.7. The van der Waals surface area contributed by atoms with Crippen LogP contribution in [0.3, 0.4) is 0 Å². The molecule has 348 valence electrons. The highest BCUT2D eigenvalue weighted by molar-refractivity contribution is 7.47. The maximum absolute atomic E-state index is 12.7. The van der Waals surface area contributed by atoms with Crippen molar-refractivity contribution in [1.29, 1.82) is 0 Å². The molecule has 7 N–H and O–H groups in total. The molecule has 0 radical (unpaired) electrons. The van der Waals surface area contributed by atoms with Gasteiger partial charge < -0.3 is 40.5 Å². The number of aliphatic hydroxyl groups is 3. The topological polar surface area (TPSA) is 232 Å². The van der Waals surface area contributed by atoms with Gasteiger partial charge in [0.25, 0.3) is 0 Å². The number of carboxylic acid groups (broad SMARTS) is 1. The number of nitrogens with two attached hydrogens (primary N) is 1. The molecule has 0 aliphatic heterocycles. The Morgan fingerprint density at radius 1 is 0.738 bits per heavy atom. The molecule has 15 heteroatoms. The second-order valence-electron chi connectivity index (χ2n) is 15.4. The normalized spacial score (nSPS) is 21.0. The van der Waals surface area contributed by atoms with Gasteiger partial charge in [0.1, 0.15) is 12.6 Å². The number of hydrogen-bond donors (Lipinski definition) is 6. The summed E-state index contributed by atoms with van der Waals surface area (Å²) in [4.78, 5) is 46.2. The van der Waals surface area contributed by atoms with Crippen molar-refractivity contribution < 1.29 is 62.8 Å². The number of carbonyl (C=O) groups is 3. The van der Waals surface area contributed by atoms with E-state index in [0.717, 1.165) is 70.6 Å². The number of aliphatic carboxylic acids is 1. The van der Waals surface area contributed by atoms with Gasteiger partial charge >= 0.3 is 25.7 Å². The first-order valence-corrected chi connectivity index (χ1v) is 23.7. The lowest BCUT2D eigenvalue weighted by Gasteiger charge is -2.20. The Kier molecular flexibility index (Phi) is 32.3. The average molecular weight is 882 g/mol. The molecule has 1 fully saturated rings. The van der Waals surface area contributed by atoms with Gasteiger partial charge in [0.15, 0.2) is 6.10 Å². The largest absolute Gasteiger partial charge is 0.480 e. The Morgan fingerprint density at radius 2 is 1.34 bits per heavy atom. The molecule has 0 aromatic heterocycles. The van der Waals surface area contributed by atoms with Gasteiger partial charge in [0.2, 0.25) is 0 Å². The van der Waals surface area contributed by atoms with Gasteiger partial charge in [-0.25, -0.2) is 4.57 Å². The fraction of sp³-hybridized carbons (Fsp3) is 0.674. The van der Waals surface area contributed by atoms with E-state index in [-0.39, 0.29) is 31.1 Å². The summed E-state index contributed by atoms with van der Waals surface area (Å²) in [5.74, 6) is -3.11. The molecule has 1 aliphatic rings. The number of ether oxygens (including phenoxy) is 2. The van der Waals surface area contributed by atoms with Gasteiger partial charge in [0.05, 0.1) is 31.5 Å². The lowest BCUT2D eigenvalue weighted by atomic mass is 9.89. The number of unbranched alkanes of at least 4 members (excludes halogenated alkanes) is 7. The predicted molar refractivity (Wildman–Crippen MR) is 237 cm³/mol. The molecule has 0 saturated heterocycles. The van der Waals surface area contributed by atoms with Crippen LogP contribution in [0.15, 0.2) is 72.9 Å². The van der Waals surface area contributed by atoms with Crippen LogP contribution < -0.4 is 5.73 Å². The molecule has 1 saturated carbocycles. The molecule has 61 heavy (non-hydrogen) atoms. The van der Waals surface area contributed by atoms with Gasteiger partial charge in [-0.3, -0.25) is 23.4 Å². The molecular weight excluding hydrogens is 805 g/mol. The second-order valence-corrected chi connectivity index (χ2v) is 16.9. The van der Waals surface area contributed by atoms with Gasteiger partial charge in [-0.15, -0.1) is 0 Å². The first-order chi connectivity index (χ1) is 29.3. The number of allylic oxidation sites excluding steroid dienone is 10. The number of carbonyl (C=O) groups excluding carboxylic acids is 2. The number of esters is 2. The maximum Gasteiger partial charge on any atom is 0.472 e. The lowest BCUT2D eigenvalue weighted by Crippen LogP contribution is -2.34. The van der Waals surface area contributed by atoms with E-state index in [2.05, 4.69) is 67.0 Å². The van der Waals surface area contributed by atoms with Gasteiger partial charge in [0, 0.05) is 25.2 Å². The summed E-state index contributed by atoms with van der Waals surface area (Å²) >= 11 is 0. The molecule has 0 spiro atoms. The first kappa shape index (κ1) is 55.8. The Balaban J connectivity index is 2.52. The summed E-state index contributed by atoms with van der Waals surface area (Å²) in [5, 5.41) is 40.2. The van der Waals surface area contributed by atoms with Gasteiger partial charge in [-0.1, -0.05) is 119 Å². The van der Waals surface area contributed by atoms with Crippen molar-refractivity contribution in [3.8, 4) is 0 Å². The van der Waals surface area contributed by atoms with Crippen LogP contribution in [0.2, 0.25) is 0 Å². The monoisotopic (exact) mass is 882 g/mol. The standard InChI is InChI=1S/C46H76NO13P/c1-3-5-7-8-9-10-11-12-13-14-15-16-17-18-19-20-26-30-45(52)60-38(35-58-61(55,56)59-36-41(47)46(53)54)34-57-44(51)29-25-22-21-24-28-39-40(43(50)33-42(39)49)32-31-37(48)27-23-6-4-2/h5,7,9-10,12-13,15-16,21,24,31-32,37-43,48-50H,3-4,6,8,11,14,17-20,22-23,25-30,33-36,47H2,1-2H3,(H,53,54)(H,55,56)/b7-5-,10-9-,13-12-,16-15-,24-21+,32-31+/t37-,38+,39+,40+,41-,42-,43+/m0/s1. The molecule has 1 aliphatic carbocycles. The molecule has 1 unspecified atom stereocenters. The predicted octanol–water partition coefficient (Wildman–Crippen LogP) is 8.10. The number of hydrogen-bond acceptors (Lipinski definition) is 12. The molecule has 14 nitrogen and oxygen atoms in total. The van der Waals surface area contributed by atoms with Crippen molar-refractivity contribution in [2.24, 2.45) is 17.6 Å². The van der Waals surface area contributed by atoms with E-state index < -0.39 is 76.0 Å². The van der Waals surface area contributed by atoms with Gasteiger partial charge in [-0.05, 0) is 76.5 Å². The van der Waals surface area contributed by atoms with Crippen molar-refractivity contribution in [3.05, 3.63) is 72.9 Å². The number of rotatable bonds is 36. The van der Waals surface area contributed by atoms with E-state index in [1.54, 1.807) is 6.08 Å². The quantitative estimate of drug-likeness (QED) is 0.0151. The highest BCUT2D eigenvalue weighted by Gasteiger charge is 2.39. The van der Waals surface area contributed by atoms with Crippen LogP contribution in [0.25, 0.3) is 0 Å². The smallest absolute Gasteiger partial charge is 0.472 e. The molecule has 0 amide bonds. The van der Waals surface area contributed by atoms with Crippen LogP contribution in [0.4, 0.5) is 0 Å². The van der Waals surface area contributed by atoms with Crippen molar-refractivity contribution in [2.75, 3.05) is 19.8 Å². The van der Waals surface area contributed by atoms with Crippen LogP contribution in [-0.2, 0) is 37.5 Å². The Bertz CT molecular complexity index is 1430. The zero-order chi connectivity index (χ0) is 45.1. The van der Waals surface area contributed by atoms with Crippen molar-refractivity contribution in [2.45, 2.75) is 166 Å². The van der Waals surface area contributed by atoms with Crippen LogP contribution in [0.5, 0.6) is 0 Å². The van der Waals surface area contributed by atoms with Crippen LogP contribution >= 0.6 is 7.82 Å². The average Bonchev–Trinajstić information content (AvgIpc) is 3.49. The van der Waals surface area contributed by atoms with E-state index in [4.69, 9.17) is 24.8 Å². The summed E-state index contributed by atoms with van der Waals surface area (Å²) in [6.45, 7) is 2.30. The van der Waals surface area contributed by atoms with Crippen molar-refractivity contribution >= 4 is 25.7 Å². The summed E-state index contributed by atoms with van der Waals surface area (Å²) in [7, 11) is -4.79. The van der Waals surface area contributed by atoms with E-state index in [0.29, 0.717) is 32.1 Å². The molecule has 0 bridgehead atoms. The molecule has 8 atom stereocenters. The van der Waals surface area contributed by atoms with E-state index in [1.165, 1.54) is 0 Å². The Morgan fingerprint density at radius 3 is 2.02 bits per heavy atom. The zero-order valence-corrected chi connectivity index (χ0v) is 37.4. The fourth-order valence-electron chi connectivity index (χ4n) is 6.46. The first-order valence-electron chi connectivity index (χ1n) is 22.2. The van der Waals surface area contributed by atoms with E-state index in [9.17, 15) is 39.2 Å². The minimum absolute atomic E-state index is 0.0352. The number of aliphatic hydroxyl groups excluding tert-OH is 3. The highest BCUT2D eigenvalue weighted by atomic mass is 31.2. The van der Waals surface area contributed by atoms with Crippen LogP contribution in [0.1, 0.15) is 136 Å². The van der Waals surface area contributed by atoms with Crippen molar-refractivity contribution in [3.63, 3.8) is 0 Å². The zero-order valence-electron chi connectivity index (χ0n) is 36.6. The van der Waals surface area contributed by atoms with E-state index >= 15 is 0 Å². The highest BCUT2D eigenvalue weighted by Crippen LogP contribution is 2.43. The number of phosphoric acid groups is 1. The molecule has 0 aromatic carbocycles. The number of phosphoric ester groups is 1. The second kappa shape index (κ2) is 35.3. The summed E-state index contributed by atoms with van der Waals surface area (Å²) in [6, 6.07) is -1.57. The lowest BCUT2D eigenvalue weighted by molar-refractivity contribution is -0.161. The minimum atomic E-state index is -4.79. The fourth-order valence-corrected chi connectivity index (χ4v) is 7.24. The third kappa shape index (κ3) is 29.7. The molecule has 0 heterocycles. The SMILES string of the molecule is CC/C=C\C/C=C\C/C=C\C/C=C\CCCCCCC(=O)O[C@H](COC(=O)CCC/C=C/C[C@@H]1[C@@H](/C=C/[C@@H](O)CCCCC)[C@H](O)C[C@@H]1O)COP(=O)(O)OC[C@H](N)C(=O)O. The summed E-state index contributed by atoms with van der Waals surface area (Å²) in [6.07, 6.45) is 34.9. The van der Waals surface area contributed by atoms with Crippen LogP contribution in [0, 0.1) is 11.8 Å². The molecular formula is C46H76NO13P. The Hall–Kier alpha value is -3.20. The minimum Gasteiger partial charge on any atom is -0.480 e. The maximum atomic E-state index is 12.7.